The number of pyridine rings is 1. The Morgan fingerprint density at radius 2 is 2.06 bits per heavy atom. The molecule has 1 rings (SSSR count). The van der Waals surface area contributed by atoms with Crippen LogP contribution in [-0.4, -0.2) is 24.7 Å². The van der Waals surface area contributed by atoms with E-state index in [1.807, 2.05) is 0 Å². The minimum atomic E-state index is -5.02. The minimum Gasteiger partial charge on any atom is -0.491 e. The minimum absolute atomic E-state index is 0.185. The second-order valence-electron chi connectivity index (χ2n) is 2.83. The fourth-order valence-corrected chi connectivity index (χ4v) is 1.13. The van der Waals surface area contributed by atoms with Crippen LogP contribution in [0.5, 0.6) is 11.5 Å². The molecule has 0 spiro atoms. The lowest BCUT2D eigenvalue weighted by Crippen LogP contribution is -2.19. The third-order valence-electron chi connectivity index (χ3n) is 1.77. The van der Waals surface area contributed by atoms with Gasteiger partial charge in [0.05, 0.1) is 7.11 Å². The molecule has 0 amide bonds. The number of carbonyl (C=O) groups is 1. The van der Waals surface area contributed by atoms with Gasteiger partial charge in [0.2, 0.25) is 0 Å². The first-order chi connectivity index (χ1) is 7.92. The standard InChI is InChI=1S/C9H7F4NO3/c1-16-8-6(4-15)14-3-5(2-10)7(8)17-9(11,12)13/h3-4H,2H2,1H3. The first-order valence-corrected chi connectivity index (χ1v) is 4.25. The molecule has 0 aliphatic carbocycles. The summed E-state index contributed by atoms with van der Waals surface area (Å²) < 4.78 is 57.0. The second kappa shape index (κ2) is 4.98. The lowest BCUT2D eigenvalue weighted by molar-refractivity contribution is -0.275. The molecular formula is C9H7F4NO3. The normalized spacial score (nSPS) is 11.1. The molecule has 1 aromatic rings. The Bertz CT molecular complexity index is 419. The van der Waals surface area contributed by atoms with E-state index in [1.54, 1.807) is 0 Å². The van der Waals surface area contributed by atoms with Crippen molar-refractivity contribution in [3.63, 3.8) is 0 Å². The van der Waals surface area contributed by atoms with Gasteiger partial charge in [-0.3, -0.25) is 4.79 Å². The van der Waals surface area contributed by atoms with Gasteiger partial charge in [0.15, 0.2) is 17.8 Å². The van der Waals surface area contributed by atoms with E-state index in [9.17, 15) is 22.4 Å². The zero-order valence-electron chi connectivity index (χ0n) is 8.55. The molecule has 0 N–H and O–H groups in total. The number of ether oxygens (including phenoxy) is 2. The molecular weight excluding hydrogens is 246 g/mol. The first-order valence-electron chi connectivity index (χ1n) is 4.25. The number of nitrogens with zero attached hydrogens (tertiary/aromatic N) is 1. The number of alkyl halides is 4. The van der Waals surface area contributed by atoms with Crippen molar-refractivity contribution in [1.29, 1.82) is 0 Å². The van der Waals surface area contributed by atoms with E-state index in [1.165, 1.54) is 0 Å². The summed E-state index contributed by atoms with van der Waals surface area (Å²) >= 11 is 0. The molecule has 0 atom stereocenters. The summed E-state index contributed by atoms with van der Waals surface area (Å²) in [4.78, 5) is 14.0. The van der Waals surface area contributed by atoms with Crippen molar-refractivity contribution in [3.8, 4) is 11.5 Å². The molecule has 0 bridgehead atoms. The average Bonchev–Trinajstić information content (AvgIpc) is 2.26. The molecule has 17 heavy (non-hydrogen) atoms. The Hall–Kier alpha value is -1.86. The van der Waals surface area contributed by atoms with Crippen LogP contribution in [0.4, 0.5) is 17.6 Å². The van der Waals surface area contributed by atoms with E-state index in [0.717, 1.165) is 13.3 Å². The third-order valence-corrected chi connectivity index (χ3v) is 1.77. The lowest BCUT2D eigenvalue weighted by Gasteiger charge is -2.15. The number of aldehydes is 1. The number of rotatable bonds is 4. The van der Waals surface area contributed by atoms with Crippen LogP contribution in [0.25, 0.3) is 0 Å². The average molecular weight is 253 g/mol. The Kier molecular flexibility index (Phi) is 3.87. The van der Waals surface area contributed by atoms with E-state index >= 15 is 0 Å². The molecule has 1 aromatic heterocycles. The zero-order valence-corrected chi connectivity index (χ0v) is 8.55. The van der Waals surface area contributed by atoms with Crippen molar-refractivity contribution in [2.75, 3.05) is 7.11 Å². The van der Waals surface area contributed by atoms with Crippen LogP contribution < -0.4 is 9.47 Å². The van der Waals surface area contributed by atoms with Crippen molar-refractivity contribution in [3.05, 3.63) is 17.5 Å². The fourth-order valence-electron chi connectivity index (χ4n) is 1.13. The van der Waals surface area contributed by atoms with Gasteiger partial charge in [0.1, 0.15) is 12.4 Å². The maximum absolute atomic E-state index is 12.5. The molecule has 0 radical (unpaired) electrons. The van der Waals surface area contributed by atoms with Crippen LogP contribution in [0.3, 0.4) is 0 Å². The van der Waals surface area contributed by atoms with E-state index in [4.69, 9.17) is 0 Å². The number of methoxy groups -OCH3 is 1. The Morgan fingerprint density at radius 1 is 1.41 bits per heavy atom. The fraction of sp³-hybridized carbons (Fsp3) is 0.333. The highest BCUT2D eigenvalue weighted by atomic mass is 19.4. The van der Waals surface area contributed by atoms with E-state index in [2.05, 4.69) is 14.5 Å². The van der Waals surface area contributed by atoms with E-state index in [-0.39, 0.29) is 6.29 Å². The SMILES string of the molecule is COc1c(C=O)ncc(CF)c1OC(F)(F)F. The van der Waals surface area contributed by atoms with Crippen LogP contribution >= 0.6 is 0 Å². The number of hydrogen-bond donors (Lipinski definition) is 0. The molecule has 0 fully saturated rings. The van der Waals surface area contributed by atoms with Gasteiger partial charge in [-0.1, -0.05) is 0 Å². The summed E-state index contributed by atoms with van der Waals surface area (Å²) in [6.45, 7) is -1.23. The van der Waals surface area contributed by atoms with E-state index < -0.39 is 35.8 Å². The monoisotopic (exact) mass is 253 g/mol. The summed E-state index contributed by atoms with van der Waals surface area (Å²) in [5, 5.41) is 0. The predicted octanol–water partition coefficient (Wildman–Crippen LogP) is 2.27. The van der Waals surface area contributed by atoms with Crippen LogP contribution in [0.2, 0.25) is 0 Å². The highest BCUT2D eigenvalue weighted by Crippen LogP contribution is 2.37. The quantitative estimate of drug-likeness (QED) is 0.610. The molecule has 0 unspecified atom stereocenters. The van der Waals surface area contributed by atoms with Gasteiger partial charge in [0, 0.05) is 11.8 Å². The largest absolute Gasteiger partial charge is 0.573 e. The maximum atomic E-state index is 12.5. The van der Waals surface area contributed by atoms with Crippen LogP contribution in [0.1, 0.15) is 16.1 Å². The highest BCUT2D eigenvalue weighted by molar-refractivity contribution is 5.78. The molecule has 8 heteroatoms. The molecule has 94 valence electrons. The summed E-state index contributed by atoms with van der Waals surface area (Å²) in [6, 6.07) is 0. The topological polar surface area (TPSA) is 48.4 Å². The van der Waals surface area contributed by atoms with Crippen LogP contribution in [0, 0.1) is 0 Å². The second-order valence-corrected chi connectivity index (χ2v) is 2.83. The van der Waals surface area contributed by atoms with Gasteiger partial charge in [-0.15, -0.1) is 13.2 Å². The smallest absolute Gasteiger partial charge is 0.491 e. The Labute approximate surface area is 93.2 Å². The number of hydrogen-bond acceptors (Lipinski definition) is 4. The van der Waals surface area contributed by atoms with Crippen molar-refractivity contribution < 1.29 is 31.8 Å². The van der Waals surface area contributed by atoms with Crippen molar-refractivity contribution in [2.45, 2.75) is 13.0 Å². The van der Waals surface area contributed by atoms with Gasteiger partial charge in [0.25, 0.3) is 0 Å². The third kappa shape index (κ3) is 3.05. The number of halogens is 4. The summed E-state index contributed by atoms with van der Waals surface area (Å²) in [6.07, 6.45) is -4.05. The first kappa shape index (κ1) is 13.2. The zero-order chi connectivity index (χ0) is 13.1. The summed E-state index contributed by atoms with van der Waals surface area (Å²) in [7, 11) is 1.02. The lowest BCUT2D eigenvalue weighted by atomic mass is 10.2. The van der Waals surface area contributed by atoms with Gasteiger partial charge >= 0.3 is 6.36 Å². The molecule has 1 heterocycles. The van der Waals surface area contributed by atoms with Crippen molar-refractivity contribution in [2.24, 2.45) is 0 Å². The number of aromatic nitrogens is 1. The van der Waals surface area contributed by atoms with Gasteiger partial charge in [-0.05, 0) is 0 Å². The van der Waals surface area contributed by atoms with E-state index in [0.29, 0.717) is 0 Å². The van der Waals surface area contributed by atoms with Crippen molar-refractivity contribution in [1.82, 2.24) is 4.98 Å². The number of carbonyl (C=O) groups excluding carboxylic acids is 1. The molecule has 0 aromatic carbocycles. The summed E-state index contributed by atoms with van der Waals surface area (Å²) in [5.41, 5.74) is -0.853. The highest BCUT2D eigenvalue weighted by Gasteiger charge is 2.34. The molecule has 0 aliphatic heterocycles. The molecule has 0 saturated carbocycles. The van der Waals surface area contributed by atoms with Crippen LogP contribution in [-0.2, 0) is 6.67 Å². The Morgan fingerprint density at radius 3 is 2.47 bits per heavy atom. The molecule has 0 aliphatic rings. The maximum Gasteiger partial charge on any atom is 0.573 e. The summed E-state index contributed by atoms with van der Waals surface area (Å²) in [5.74, 6) is -1.44. The predicted molar refractivity (Wildman–Crippen MR) is 47.7 cm³/mol. The van der Waals surface area contributed by atoms with Gasteiger partial charge < -0.3 is 9.47 Å². The molecule has 4 nitrogen and oxygen atoms in total. The Balaban J connectivity index is 3.34. The molecule has 0 saturated heterocycles. The van der Waals surface area contributed by atoms with Crippen molar-refractivity contribution >= 4 is 6.29 Å². The van der Waals surface area contributed by atoms with Crippen LogP contribution in [0.15, 0.2) is 6.20 Å². The van der Waals surface area contributed by atoms with Gasteiger partial charge in [-0.25, -0.2) is 9.37 Å². The van der Waals surface area contributed by atoms with Gasteiger partial charge in [-0.2, -0.15) is 0 Å².